The molecule has 0 amide bonds. The Morgan fingerprint density at radius 2 is 1.62 bits per heavy atom. The summed E-state index contributed by atoms with van der Waals surface area (Å²) in [5.41, 5.74) is 5.58. The van der Waals surface area contributed by atoms with Gasteiger partial charge in [-0.05, 0) is 40.8 Å². The molecule has 0 saturated carbocycles. The molecule has 0 bridgehead atoms. The molecule has 0 aromatic heterocycles. The standard InChI is InChI=1S/C23H27Br/c1-3-5-6-7-8-11-16-23(4-2)21-13-10-9-12-19(21)20-15-14-18(24)17-22(20)23/h4,9-10,12-15,17H,2-3,5-8,11,16H2,1H3. The fraction of sp³-hybridized carbons (Fsp3) is 0.391. The van der Waals surface area contributed by atoms with Gasteiger partial charge in [-0.1, -0.05) is 97.8 Å². The minimum atomic E-state index is -0.0273. The van der Waals surface area contributed by atoms with Gasteiger partial charge >= 0.3 is 0 Å². The third-order valence-electron chi connectivity index (χ3n) is 5.43. The van der Waals surface area contributed by atoms with Crippen molar-refractivity contribution in [2.75, 3.05) is 0 Å². The van der Waals surface area contributed by atoms with E-state index in [9.17, 15) is 0 Å². The molecule has 0 radical (unpaired) electrons. The lowest BCUT2D eigenvalue weighted by Gasteiger charge is -2.29. The van der Waals surface area contributed by atoms with E-state index in [0.717, 1.165) is 10.9 Å². The molecule has 0 N–H and O–H groups in total. The SMILES string of the molecule is C=CC1(CCCCCCCC)c2ccccc2-c2ccc(Br)cc21. The highest BCUT2D eigenvalue weighted by Crippen LogP contribution is 2.52. The molecule has 2 aromatic carbocycles. The van der Waals surface area contributed by atoms with Crippen LogP contribution in [0.5, 0.6) is 0 Å². The van der Waals surface area contributed by atoms with Crippen molar-refractivity contribution < 1.29 is 0 Å². The van der Waals surface area contributed by atoms with Crippen molar-refractivity contribution >= 4 is 15.9 Å². The van der Waals surface area contributed by atoms with Gasteiger partial charge in [-0.2, -0.15) is 0 Å². The van der Waals surface area contributed by atoms with E-state index in [2.05, 4.69) is 78.0 Å². The average molecular weight is 383 g/mol. The summed E-state index contributed by atoms with van der Waals surface area (Å²) < 4.78 is 1.16. The van der Waals surface area contributed by atoms with Crippen LogP contribution in [0, 0.1) is 0 Å². The second-order valence-electron chi connectivity index (χ2n) is 6.93. The van der Waals surface area contributed by atoms with Crippen LogP contribution in [0.4, 0.5) is 0 Å². The number of benzene rings is 2. The molecule has 1 unspecified atom stereocenters. The smallest absolute Gasteiger partial charge is 0.0392 e. The van der Waals surface area contributed by atoms with E-state index in [1.807, 2.05) is 0 Å². The number of halogens is 1. The zero-order chi connectivity index (χ0) is 17.0. The summed E-state index contributed by atoms with van der Waals surface area (Å²) in [4.78, 5) is 0. The molecule has 1 heteroatoms. The van der Waals surface area contributed by atoms with E-state index in [0.29, 0.717) is 0 Å². The number of unbranched alkanes of at least 4 members (excludes halogenated alkanes) is 5. The van der Waals surface area contributed by atoms with Gasteiger partial charge in [-0.15, -0.1) is 6.58 Å². The van der Waals surface area contributed by atoms with Crippen molar-refractivity contribution in [2.45, 2.75) is 57.3 Å². The lowest BCUT2D eigenvalue weighted by Crippen LogP contribution is -2.22. The average Bonchev–Trinajstić information content (AvgIpc) is 2.88. The van der Waals surface area contributed by atoms with Crippen molar-refractivity contribution in [2.24, 2.45) is 0 Å². The predicted octanol–water partition coefficient (Wildman–Crippen LogP) is 7.65. The van der Waals surface area contributed by atoms with E-state index in [4.69, 9.17) is 0 Å². The Morgan fingerprint density at radius 1 is 0.917 bits per heavy atom. The van der Waals surface area contributed by atoms with Crippen LogP contribution < -0.4 is 0 Å². The first-order chi connectivity index (χ1) is 11.7. The molecule has 0 saturated heterocycles. The molecule has 126 valence electrons. The predicted molar refractivity (Wildman–Crippen MR) is 109 cm³/mol. The number of rotatable bonds is 8. The van der Waals surface area contributed by atoms with Gasteiger partial charge in [0.1, 0.15) is 0 Å². The molecule has 0 heterocycles. The Morgan fingerprint density at radius 3 is 2.42 bits per heavy atom. The number of allylic oxidation sites excluding steroid dienone is 1. The molecule has 1 aliphatic carbocycles. The highest BCUT2D eigenvalue weighted by molar-refractivity contribution is 9.10. The van der Waals surface area contributed by atoms with Gasteiger partial charge in [0.2, 0.25) is 0 Å². The van der Waals surface area contributed by atoms with Gasteiger partial charge in [0.15, 0.2) is 0 Å². The summed E-state index contributed by atoms with van der Waals surface area (Å²) in [6.45, 7) is 6.53. The highest BCUT2D eigenvalue weighted by Gasteiger charge is 2.40. The van der Waals surface area contributed by atoms with Crippen molar-refractivity contribution in [3.8, 4) is 11.1 Å². The van der Waals surface area contributed by atoms with Crippen LogP contribution in [-0.2, 0) is 5.41 Å². The minimum Gasteiger partial charge on any atom is -0.102 e. The Kier molecular flexibility index (Phi) is 5.61. The second kappa shape index (κ2) is 7.70. The minimum absolute atomic E-state index is 0.0273. The third-order valence-corrected chi connectivity index (χ3v) is 5.93. The zero-order valence-electron chi connectivity index (χ0n) is 14.7. The Bertz CT molecular complexity index is 716. The van der Waals surface area contributed by atoms with Crippen molar-refractivity contribution in [1.82, 2.24) is 0 Å². The largest absolute Gasteiger partial charge is 0.102 e. The van der Waals surface area contributed by atoms with E-state index < -0.39 is 0 Å². The fourth-order valence-electron chi connectivity index (χ4n) is 4.15. The van der Waals surface area contributed by atoms with Gasteiger partial charge in [-0.25, -0.2) is 0 Å². The highest BCUT2D eigenvalue weighted by atomic mass is 79.9. The quantitative estimate of drug-likeness (QED) is 0.324. The lowest BCUT2D eigenvalue weighted by atomic mass is 9.74. The molecule has 3 rings (SSSR count). The first-order valence-electron chi connectivity index (χ1n) is 9.26. The molecule has 0 fully saturated rings. The van der Waals surface area contributed by atoms with Crippen LogP contribution in [0.3, 0.4) is 0 Å². The number of fused-ring (bicyclic) bond motifs is 3. The number of hydrogen-bond donors (Lipinski definition) is 0. The van der Waals surface area contributed by atoms with Gasteiger partial charge in [0.25, 0.3) is 0 Å². The first kappa shape index (κ1) is 17.5. The molecule has 0 spiro atoms. The van der Waals surface area contributed by atoms with Gasteiger partial charge in [0.05, 0.1) is 0 Å². The molecule has 1 atom stereocenters. The molecule has 0 aliphatic heterocycles. The maximum absolute atomic E-state index is 4.26. The van der Waals surface area contributed by atoms with E-state index >= 15 is 0 Å². The van der Waals surface area contributed by atoms with Crippen LogP contribution in [0.25, 0.3) is 11.1 Å². The van der Waals surface area contributed by atoms with Crippen molar-refractivity contribution in [3.05, 3.63) is 70.7 Å². The molecular weight excluding hydrogens is 356 g/mol. The fourth-order valence-corrected chi connectivity index (χ4v) is 4.51. The summed E-state index contributed by atoms with van der Waals surface area (Å²) in [5, 5.41) is 0. The second-order valence-corrected chi connectivity index (χ2v) is 7.84. The number of hydrogen-bond acceptors (Lipinski definition) is 0. The Hall–Kier alpha value is -1.34. The molecule has 0 nitrogen and oxygen atoms in total. The lowest BCUT2D eigenvalue weighted by molar-refractivity contribution is 0.518. The monoisotopic (exact) mass is 382 g/mol. The summed E-state index contributed by atoms with van der Waals surface area (Å²) in [6.07, 6.45) is 11.3. The molecule has 24 heavy (non-hydrogen) atoms. The van der Waals surface area contributed by atoms with E-state index in [-0.39, 0.29) is 5.41 Å². The summed E-state index contributed by atoms with van der Waals surface area (Å²) in [7, 11) is 0. The van der Waals surface area contributed by atoms with Crippen LogP contribution in [0.2, 0.25) is 0 Å². The topological polar surface area (TPSA) is 0 Å². The third kappa shape index (κ3) is 3.11. The van der Waals surface area contributed by atoms with Gasteiger partial charge in [0, 0.05) is 9.89 Å². The van der Waals surface area contributed by atoms with E-state index in [1.54, 1.807) is 0 Å². The van der Waals surface area contributed by atoms with Crippen molar-refractivity contribution in [1.29, 1.82) is 0 Å². The van der Waals surface area contributed by atoms with Crippen LogP contribution in [-0.4, -0.2) is 0 Å². The molecule has 2 aromatic rings. The zero-order valence-corrected chi connectivity index (χ0v) is 16.2. The van der Waals surface area contributed by atoms with E-state index in [1.165, 1.54) is 60.8 Å². The normalized spacial score (nSPS) is 18.2. The van der Waals surface area contributed by atoms with Crippen LogP contribution >= 0.6 is 15.9 Å². The summed E-state index contributed by atoms with van der Waals surface area (Å²) in [6, 6.07) is 15.6. The first-order valence-corrected chi connectivity index (χ1v) is 10.1. The Labute approximate surface area is 155 Å². The maximum Gasteiger partial charge on any atom is 0.0392 e. The van der Waals surface area contributed by atoms with Crippen LogP contribution in [0.15, 0.2) is 59.6 Å². The van der Waals surface area contributed by atoms with Crippen LogP contribution in [0.1, 0.15) is 63.0 Å². The van der Waals surface area contributed by atoms with Gasteiger partial charge in [-0.3, -0.25) is 0 Å². The molecule has 1 aliphatic rings. The summed E-state index contributed by atoms with van der Waals surface area (Å²) >= 11 is 3.67. The summed E-state index contributed by atoms with van der Waals surface area (Å²) in [5.74, 6) is 0. The van der Waals surface area contributed by atoms with Gasteiger partial charge < -0.3 is 0 Å². The Balaban J connectivity index is 1.89. The maximum atomic E-state index is 4.26. The van der Waals surface area contributed by atoms with Crippen molar-refractivity contribution in [3.63, 3.8) is 0 Å². The molecular formula is C23H27Br.